The second kappa shape index (κ2) is 3.46. The Morgan fingerprint density at radius 3 is 2.31 bits per heavy atom. The molecular weight excluding hydrogens is 228 g/mol. The Bertz CT molecular complexity index is 365. The molecule has 1 nitrogen and oxygen atoms in total. The molecule has 0 N–H and O–H groups in total. The molecule has 0 aromatic heterocycles. The molecule has 1 aliphatic rings. The lowest BCUT2D eigenvalue weighted by molar-refractivity contribution is -0.113. The van der Waals surface area contributed by atoms with E-state index in [2.05, 4.69) is 15.9 Å². The van der Waals surface area contributed by atoms with Crippen LogP contribution in [0.1, 0.15) is 18.4 Å². The van der Waals surface area contributed by atoms with Gasteiger partial charge in [0.05, 0.1) is 0 Å². The molecule has 13 heavy (non-hydrogen) atoms. The molecule has 0 bridgehead atoms. The summed E-state index contributed by atoms with van der Waals surface area (Å²) in [6.07, 6.45) is 1.49. The Balaban J connectivity index is 2.47. The fourth-order valence-corrected chi connectivity index (χ4v) is 2.20. The van der Waals surface area contributed by atoms with Gasteiger partial charge in [0.1, 0.15) is 0 Å². The first-order valence-corrected chi connectivity index (χ1v) is 5.05. The van der Waals surface area contributed by atoms with E-state index in [0.717, 1.165) is 22.0 Å². The third-order valence-electron chi connectivity index (χ3n) is 2.18. The highest BCUT2D eigenvalue weighted by molar-refractivity contribution is 9.11. The number of carbonyl (C=O) groups excluding carboxylic acids is 1. The quantitative estimate of drug-likeness (QED) is 0.733. The Morgan fingerprint density at radius 1 is 1.08 bits per heavy atom. The number of allylic oxidation sites excluding steroid dienone is 2. The van der Waals surface area contributed by atoms with Crippen LogP contribution in [0.5, 0.6) is 0 Å². The summed E-state index contributed by atoms with van der Waals surface area (Å²) in [5.41, 5.74) is 1.89. The molecule has 0 fully saturated rings. The van der Waals surface area contributed by atoms with Gasteiger partial charge >= 0.3 is 0 Å². The van der Waals surface area contributed by atoms with Crippen molar-refractivity contribution in [2.75, 3.05) is 0 Å². The van der Waals surface area contributed by atoms with E-state index in [-0.39, 0.29) is 5.78 Å². The lowest BCUT2D eigenvalue weighted by atomic mass is 10.1. The Labute approximate surface area is 85.6 Å². The molecule has 0 atom stereocenters. The molecule has 1 aliphatic carbocycles. The van der Waals surface area contributed by atoms with Crippen molar-refractivity contribution in [1.82, 2.24) is 0 Å². The van der Waals surface area contributed by atoms with Crippen LogP contribution >= 0.6 is 15.9 Å². The number of hydrogen-bond acceptors (Lipinski definition) is 1. The number of Topliss-reactive ketones (excluding diaryl/α,β-unsaturated/α-hetero) is 1. The van der Waals surface area contributed by atoms with Gasteiger partial charge in [-0.2, -0.15) is 0 Å². The predicted octanol–water partition coefficient (Wildman–Crippen LogP) is 3.16. The van der Waals surface area contributed by atoms with Crippen LogP contribution in [0, 0.1) is 0 Å². The summed E-state index contributed by atoms with van der Waals surface area (Å²) in [7, 11) is 0. The van der Waals surface area contributed by atoms with E-state index < -0.39 is 0 Å². The average Bonchev–Trinajstić information content (AvgIpc) is 2.48. The van der Waals surface area contributed by atoms with Gasteiger partial charge in [-0.25, -0.2) is 0 Å². The third-order valence-corrected chi connectivity index (χ3v) is 2.98. The van der Waals surface area contributed by atoms with Crippen LogP contribution in [-0.2, 0) is 4.79 Å². The van der Waals surface area contributed by atoms with Crippen molar-refractivity contribution in [2.45, 2.75) is 12.8 Å². The lowest BCUT2D eigenvalue weighted by Gasteiger charge is -2.00. The van der Waals surface area contributed by atoms with Crippen LogP contribution < -0.4 is 0 Å². The van der Waals surface area contributed by atoms with E-state index in [9.17, 15) is 4.79 Å². The van der Waals surface area contributed by atoms with Crippen LogP contribution in [0.25, 0.3) is 5.57 Å². The molecule has 2 heteroatoms. The number of ketones is 1. The smallest absolute Gasteiger partial charge is 0.164 e. The zero-order valence-corrected chi connectivity index (χ0v) is 8.67. The van der Waals surface area contributed by atoms with E-state index in [1.165, 1.54) is 0 Å². The molecule has 0 spiro atoms. The van der Waals surface area contributed by atoms with Crippen LogP contribution in [0.15, 0.2) is 34.8 Å². The van der Waals surface area contributed by atoms with E-state index >= 15 is 0 Å². The molecule has 0 aliphatic heterocycles. The van der Waals surface area contributed by atoms with Gasteiger partial charge < -0.3 is 0 Å². The molecule has 1 aromatic carbocycles. The van der Waals surface area contributed by atoms with Gasteiger partial charge in [-0.05, 0) is 12.0 Å². The monoisotopic (exact) mass is 236 g/mol. The minimum atomic E-state index is 0.248. The first-order chi connectivity index (χ1) is 6.29. The van der Waals surface area contributed by atoms with Crippen molar-refractivity contribution in [3.05, 3.63) is 40.4 Å². The number of carbonyl (C=O) groups is 1. The highest BCUT2D eigenvalue weighted by atomic mass is 79.9. The van der Waals surface area contributed by atoms with Crippen molar-refractivity contribution in [2.24, 2.45) is 0 Å². The first-order valence-electron chi connectivity index (χ1n) is 4.26. The highest BCUT2D eigenvalue weighted by Gasteiger charge is 2.22. The largest absolute Gasteiger partial charge is 0.294 e. The van der Waals surface area contributed by atoms with E-state index in [1.54, 1.807) is 0 Å². The Hall–Kier alpha value is -0.890. The van der Waals surface area contributed by atoms with Crippen molar-refractivity contribution >= 4 is 27.3 Å². The summed E-state index contributed by atoms with van der Waals surface area (Å²) in [5, 5.41) is 0. The van der Waals surface area contributed by atoms with Crippen molar-refractivity contribution in [1.29, 1.82) is 0 Å². The zero-order valence-electron chi connectivity index (χ0n) is 7.09. The summed E-state index contributed by atoms with van der Waals surface area (Å²) < 4.78 is 1.05. The first kappa shape index (κ1) is 8.70. The lowest BCUT2D eigenvalue weighted by Crippen LogP contribution is -1.94. The summed E-state index contributed by atoms with van der Waals surface area (Å²) in [6, 6.07) is 9.81. The minimum Gasteiger partial charge on any atom is -0.294 e. The maximum Gasteiger partial charge on any atom is 0.164 e. The predicted molar refractivity (Wildman–Crippen MR) is 56.5 cm³/mol. The van der Waals surface area contributed by atoms with Gasteiger partial charge in [0.2, 0.25) is 0 Å². The Kier molecular flexibility index (Phi) is 2.32. The van der Waals surface area contributed by atoms with E-state index in [4.69, 9.17) is 0 Å². The van der Waals surface area contributed by atoms with Gasteiger partial charge in [-0.1, -0.05) is 46.3 Å². The van der Waals surface area contributed by atoms with Gasteiger partial charge in [-0.3, -0.25) is 4.79 Å². The van der Waals surface area contributed by atoms with E-state index in [0.29, 0.717) is 6.42 Å². The minimum absolute atomic E-state index is 0.248. The molecule has 0 heterocycles. The molecule has 1 aromatic rings. The van der Waals surface area contributed by atoms with Crippen molar-refractivity contribution < 1.29 is 4.79 Å². The number of rotatable bonds is 1. The second-order valence-corrected chi connectivity index (χ2v) is 4.03. The second-order valence-electron chi connectivity index (χ2n) is 3.07. The molecule has 0 unspecified atom stereocenters. The number of hydrogen-bond donors (Lipinski definition) is 0. The number of halogens is 1. The van der Waals surface area contributed by atoms with Gasteiger partial charge in [0, 0.05) is 16.5 Å². The van der Waals surface area contributed by atoms with E-state index in [1.807, 2.05) is 30.3 Å². The summed E-state index contributed by atoms with van der Waals surface area (Å²) >= 11 is 3.44. The third kappa shape index (κ3) is 1.59. The summed E-state index contributed by atoms with van der Waals surface area (Å²) in [5.74, 6) is 0.248. The summed E-state index contributed by atoms with van der Waals surface area (Å²) in [6.45, 7) is 0. The molecule has 0 saturated carbocycles. The zero-order chi connectivity index (χ0) is 9.26. The van der Waals surface area contributed by atoms with Gasteiger partial charge in [-0.15, -0.1) is 0 Å². The fraction of sp³-hybridized carbons (Fsp3) is 0.182. The molecule has 2 rings (SSSR count). The normalized spacial score (nSPS) is 16.8. The SMILES string of the molecule is O=C1CCC(Br)=C1c1ccccc1. The maximum absolute atomic E-state index is 11.5. The topological polar surface area (TPSA) is 17.1 Å². The number of benzene rings is 1. The van der Waals surface area contributed by atoms with Crippen molar-refractivity contribution in [3.63, 3.8) is 0 Å². The molecule has 66 valence electrons. The highest BCUT2D eigenvalue weighted by Crippen LogP contribution is 2.34. The van der Waals surface area contributed by atoms with Crippen molar-refractivity contribution in [3.8, 4) is 0 Å². The molecule has 0 amide bonds. The molecule has 0 saturated heterocycles. The Morgan fingerprint density at radius 2 is 1.77 bits per heavy atom. The van der Waals surface area contributed by atoms with Crippen LogP contribution in [-0.4, -0.2) is 5.78 Å². The fourth-order valence-electron chi connectivity index (χ4n) is 1.55. The van der Waals surface area contributed by atoms with Crippen LogP contribution in [0.4, 0.5) is 0 Å². The van der Waals surface area contributed by atoms with Gasteiger partial charge in [0.15, 0.2) is 5.78 Å². The summed E-state index contributed by atoms with van der Waals surface area (Å²) in [4.78, 5) is 11.5. The maximum atomic E-state index is 11.5. The van der Waals surface area contributed by atoms with Crippen LogP contribution in [0.3, 0.4) is 0 Å². The standard InChI is InChI=1S/C11H9BrO/c12-9-6-7-10(13)11(9)8-4-2-1-3-5-8/h1-5H,6-7H2. The molecular formula is C11H9BrO. The van der Waals surface area contributed by atoms with Gasteiger partial charge in [0.25, 0.3) is 0 Å². The van der Waals surface area contributed by atoms with Crippen LogP contribution in [0.2, 0.25) is 0 Å². The molecule has 0 radical (unpaired) electrons. The average molecular weight is 237 g/mol.